The Morgan fingerprint density at radius 3 is 2.61 bits per heavy atom. The molecule has 100 valence electrons. The summed E-state index contributed by atoms with van der Waals surface area (Å²) in [4.78, 5) is 11.6. The normalized spacial score (nSPS) is 12.3. The van der Waals surface area contributed by atoms with Crippen molar-refractivity contribution in [1.29, 1.82) is 0 Å². The van der Waals surface area contributed by atoms with Crippen LogP contribution in [0.3, 0.4) is 0 Å². The molecule has 0 saturated carbocycles. The molecule has 0 spiro atoms. The fourth-order valence-corrected chi connectivity index (χ4v) is 1.79. The van der Waals surface area contributed by atoms with Crippen LogP contribution >= 0.6 is 15.9 Å². The number of carbonyl (C=O) groups excluding carboxylic acids is 1. The molecule has 0 aliphatic rings. The van der Waals surface area contributed by atoms with Crippen LogP contribution < -0.4 is 10.6 Å². The highest BCUT2D eigenvalue weighted by molar-refractivity contribution is 9.10. The van der Waals surface area contributed by atoms with Gasteiger partial charge in [-0.25, -0.2) is 4.39 Å². The highest BCUT2D eigenvalue weighted by Crippen LogP contribution is 2.24. The largest absolute Gasteiger partial charge is 0.373 e. The van der Waals surface area contributed by atoms with E-state index >= 15 is 0 Å². The van der Waals surface area contributed by atoms with Crippen molar-refractivity contribution in [3.05, 3.63) is 28.5 Å². The van der Waals surface area contributed by atoms with Gasteiger partial charge in [0.1, 0.15) is 5.82 Å². The Morgan fingerprint density at radius 1 is 1.39 bits per heavy atom. The van der Waals surface area contributed by atoms with E-state index in [2.05, 4.69) is 26.6 Å². The molecule has 1 rings (SSSR count). The summed E-state index contributed by atoms with van der Waals surface area (Å²) < 4.78 is 14.1. The number of hydrogen-bond donors (Lipinski definition) is 2. The van der Waals surface area contributed by atoms with Crippen LogP contribution in [0.1, 0.15) is 20.8 Å². The predicted molar refractivity (Wildman–Crippen MR) is 75.0 cm³/mol. The molecule has 2 N–H and O–H groups in total. The minimum Gasteiger partial charge on any atom is -0.373 e. The van der Waals surface area contributed by atoms with Crippen molar-refractivity contribution in [2.24, 2.45) is 5.92 Å². The Hall–Kier alpha value is -1.10. The van der Waals surface area contributed by atoms with Crippen LogP contribution in [0.5, 0.6) is 0 Å². The average Bonchev–Trinajstić information content (AvgIpc) is 2.28. The Balaban J connectivity index is 2.53. The number of carbonyl (C=O) groups is 1. The van der Waals surface area contributed by atoms with Gasteiger partial charge in [0.05, 0.1) is 12.2 Å². The van der Waals surface area contributed by atoms with Gasteiger partial charge in [-0.05, 0) is 40.9 Å². The molecule has 0 saturated heterocycles. The van der Waals surface area contributed by atoms with E-state index < -0.39 is 0 Å². The quantitative estimate of drug-likeness (QED) is 0.876. The van der Waals surface area contributed by atoms with Crippen LogP contribution in [0, 0.1) is 11.7 Å². The molecule has 18 heavy (non-hydrogen) atoms. The monoisotopic (exact) mass is 316 g/mol. The van der Waals surface area contributed by atoms with Crippen LogP contribution in [0.25, 0.3) is 0 Å². The molecule has 1 aromatic rings. The van der Waals surface area contributed by atoms with Gasteiger partial charge in [-0.2, -0.15) is 0 Å². The van der Waals surface area contributed by atoms with Gasteiger partial charge < -0.3 is 10.6 Å². The Kier molecular flexibility index (Phi) is 5.59. The fraction of sp³-hybridized carbons (Fsp3) is 0.462. The third kappa shape index (κ3) is 4.29. The second kappa shape index (κ2) is 6.73. The van der Waals surface area contributed by atoms with E-state index in [-0.39, 0.29) is 24.3 Å². The molecule has 0 aromatic heterocycles. The summed E-state index contributed by atoms with van der Waals surface area (Å²) >= 11 is 3.24. The summed E-state index contributed by atoms with van der Waals surface area (Å²) in [5.41, 5.74) is 0.310. The van der Waals surface area contributed by atoms with E-state index in [1.807, 2.05) is 20.8 Å². The van der Waals surface area contributed by atoms with E-state index in [9.17, 15) is 9.18 Å². The Morgan fingerprint density at radius 2 is 2.06 bits per heavy atom. The molecule has 0 aliphatic carbocycles. The van der Waals surface area contributed by atoms with Gasteiger partial charge in [0.15, 0.2) is 0 Å². The molecule has 0 heterocycles. The molecule has 0 aliphatic heterocycles. The number of para-hydroxylation sites is 1. The topological polar surface area (TPSA) is 41.1 Å². The van der Waals surface area contributed by atoms with Crippen molar-refractivity contribution in [3.63, 3.8) is 0 Å². The molecule has 5 heteroatoms. The molecule has 1 amide bonds. The number of anilines is 1. The number of rotatable bonds is 5. The summed E-state index contributed by atoms with van der Waals surface area (Å²) in [5, 5.41) is 5.64. The lowest BCUT2D eigenvalue weighted by Crippen LogP contribution is -2.39. The van der Waals surface area contributed by atoms with Gasteiger partial charge in [-0.1, -0.05) is 19.9 Å². The molecule has 1 atom stereocenters. The fourth-order valence-electron chi connectivity index (χ4n) is 1.31. The molecule has 0 radical (unpaired) electrons. The molecule has 1 unspecified atom stereocenters. The molecule has 0 fully saturated rings. The predicted octanol–water partition coefficient (Wildman–Crippen LogP) is 3.16. The first kappa shape index (κ1) is 15.0. The first-order valence-corrected chi connectivity index (χ1v) is 6.68. The van der Waals surface area contributed by atoms with E-state index in [4.69, 9.17) is 0 Å². The van der Waals surface area contributed by atoms with Gasteiger partial charge in [0.25, 0.3) is 0 Å². The highest BCUT2D eigenvalue weighted by atomic mass is 79.9. The summed E-state index contributed by atoms with van der Waals surface area (Å²) in [6.07, 6.45) is 0. The van der Waals surface area contributed by atoms with Crippen molar-refractivity contribution in [2.45, 2.75) is 26.8 Å². The number of benzene rings is 1. The summed E-state index contributed by atoms with van der Waals surface area (Å²) in [7, 11) is 0. The minimum absolute atomic E-state index is 0.0522. The Bertz CT molecular complexity index is 403. The highest BCUT2D eigenvalue weighted by Gasteiger charge is 2.12. The second-order valence-corrected chi connectivity index (χ2v) is 5.40. The van der Waals surface area contributed by atoms with Crippen molar-refractivity contribution in [1.82, 2.24) is 5.32 Å². The lowest BCUT2D eigenvalue weighted by Gasteiger charge is -2.18. The van der Waals surface area contributed by atoms with Gasteiger partial charge in [0, 0.05) is 10.5 Å². The minimum atomic E-state index is -0.380. The van der Waals surface area contributed by atoms with E-state index in [1.54, 1.807) is 12.1 Å². The number of nitrogens with one attached hydrogen (secondary N) is 2. The number of halogens is 2. The molecule has 3 nitrogen and oxygen atoms in total. The van der Waals surface area contributed by atoms with Crippen LogP contribution in [0.4, 0.5) is 10.1 Å². The zero-order chi connectivity index (χ0) is 13.7. The van der Waals surface area contributed by atoms with Crippen molar-refractivity contribution in [3.8, 4) is 0 Å². The van der Waals surface area contributed by atoms with Gasteiger partial charge >= 0.3 is 0 Å². The molecule has 1 aromatic carbocycles. The van der Waals surface area contributed by atoms with Crippen LogP contribution in [-0.4, -0.2) is 18.5 Å². The first-order valence-electron chi connectivity index (χ1n) is 5.89. The van der Waals surface area contributed by atoms with E-state index in [0.29, 0.717) is 16.1 Å². The maximum Gasteiger partial charge on any atom is 0.239 e. The van der Waals surface area contributed by atoms with Gasteiger partial charge in [-0.15, -0.1) is 0 Å². The maximum atomic E-state index is 13.5. The van der Waals surface area contributed by atoms with Crippen LogP contribution in [0.15, 0.2) is 22.7 Å². The smallest absolute Gasteiger partial charge is 0.239 e. The third-order valence-corrected chi connectivity index (χ3v) is 3.44. The lowest BCUT2D eigenvalue weighted by atomic mass is 10.1. The zero-order valence-electron chi connectivity index (χ0n) is 10.8. The second-order valence-electron chi connectivity index (χ2n) is 4.55. The summed E-state index contributed by atoms with van der Waals surface area (Å²) in [5.74, 6) is -0.158. The molecular weight excluding hydrogens is 299 g/mol. The van der Waals surface area contributed by atoms with E-state index in [1.165, 1.54) is 6.07 Å². The maximum absolute atomic E-state index is 13.5. The lowest BCUT2D eigenvalue weighted by molar-refractivity contribution is -0.120. The number of hydrogen-bond acceptors (Lipinski definition) is 2. The van der Waals surface area contributed by atoms with Crippen molar-refractivity contribution >= 4 is 27.5 Å². The van der Waals surface area contributed by atoms with Gasteiger partial charge in [-0.3, -0.25) is 4.79 Å². The summed E-state index contributed by atoms with van der Waals surface area (Å²) in [6, 6.07) is 4.77. The molecule has 0 bridgehead atoms. The number of amides is 1. The van der Waals surface area contributed by atoms with Crippen LogP contribution in [-0.2, 0) is 4.79 Å². The standard InChI is InChI=1S/C13H18BrFN2O/c1-8(2)9(3)17-12(18)7-16-13-10(14)5-4-6-11(13)15/h4-6,8-9,16H,7H2,1-3H3,(H,17,18). The first-order chi connectivity index (χ1) is 8.41. The molecular formula is C13H18BrFN2O. The van der Waals surface area contributed by atoms with Gasteiger partial charge in [0.2, 0.25) is 5.91 Å². The zero-order valence-corrected chi connectivity index (χ0v) is 12.3. The summed E-state index contributed by atoms with van der Waals surface area (Å²) in [6.45, 7) is 6.07. The Labute approximate surface area is 115 Å². The van der Waals surface area contributed by atoms with E-state index in [0.717, 1.165) is 0 Å². The van der Waals surface area contributed by atoms with Crippen molar-refractivity contribution in [2.75, 3.05) is 11.9 Å². The van der Waals surface area contributed by atoms with Crippen LogP contribution in [0.2, 0.25) is 0 Å². The van der Waals surface area contributed by atoms with Crippen molar-refractivity contribution < 1.29 is 9.18 Å². The average molecular weight is 317 g/mol. The SMILES string of the molecule is CC(C)C(C)NC(=O)CNc1c(F)cccc1Br. The third-order valence-electron chi connectivity index (χ3n) is 2.78.